The van der Waals surface area contributed by atoms with Crippen LogP contribution in [0.5, 0.6) is 0 Å². The van der Waals surface area contributed by atoms with E-state index in [-0.39, 0.29) is 6.04 Å². The number of nitrogens with one attached hydrogen (secondary N) is 1. The lowest BCUT2D eigenvalue weighted by molar-refractivity contribution is -0.120. The Hall–Kier alpha value is -0.940. The van der Waals surface area contributed by atoms with Crippen molar-refractivity contribution >= 4 is 17.3 Å². The lowest BCUT2D eigenvalue weighted by Gasteiger charge is -2.30. The molecule has 0 bridgehead atoms. The maximum absolute atomic E-state index is 12.6. The average molecular weight is 295 g/mol. The van der Waals surface area contributed by atoms with Crippen LogP contribution in [0.1, 0.15) is 19.4 Å². The summed E-state index contributed by atoms with van der Waals surface area (Å²) >= 11 is 6.08. The first-order valence-corrected chi connectivity index (χ1v) is 6.39. The molecule has 0 atom stereocenters. The molecule has 0 fully saturated rings. The van der Waals surface area contributed by atoms with Crippen molar-refractivity contribution in [3.05, 3.63) is 28.8 Å². The maximum Gasteiger partial charge on any atom is 0.405 e. The van der Waals surface area contributed by atoms with Gasteiger partial charge in [-0.1, -0.05) is 17.7 Å². The second kappa shape index (κ2) is 6.48. The van der Waals surface area contributed by atoms with Gasteiger partial charge in [-0.05, 0) is 38.6 Å². The highest BCUT2D eigenvalue weighted by Gasteiger charge is 2.32. The van der Waals surface area contributed by atoms with Crippen LogP contribution >= 0.6 is 11.6 Å². The molecule has 0 unspecified atom stereocenters. The van der Waals surface area contributed by atoms with E-state index >= 15 is 0 Å². The third-order valence-corrected chi connectivity index (χ3v) is 3.06. The first-order chi connectivity index (χ1) is 8.74. The molecule has 2 nitrogen and oxygen atoms in total. The predicted octanol–water partition coefficient (Wildman–Crippen LogP) is 3.84. The first kappa shape index (κ1) is 16.1. The lowest BCUT2D eigenvalue weighted by Crippen LogP contribution is -2.39. The van der Waals surface area contributed by atoms with Gasteiger partial charge in [0, 0.05) is 23.3 Å². The molecule has 0 heterocycles. The van der Waals surface area contributed by atoms with Crippen molar-refractivity contribution in [2.45, 2.75) is 32.6 Å². The first-order valence-electron chi connectivity index (χ1n) is 6.01. The molecule has 1 aromatic rings. The molecule has 0 radical (unpaired) electrons. The Morgan fingerprint density at radius 3 is 2.37 bits per heavy atom. The van der Waals surface area contributed by atoms with Crippen LogP contribution in [-0.4, -0.2) is 25.8 Å². The number of nitrogens with zero attached hydrogens (tertiary/aromatic N) is 1. The molecule has 19 heavy (non-hydrogen) atoms. The number of benzene rings is 1. The third-order valence-electron chi connectivity index (χ3n) is 2.71. The Balaban J connectivity index is 3.00. The van der Waals surface area contributed by atoms with E-state index in [1.807, 2.05) is 0 Å². The van der Waals surface area contributed by atoms with Crippen LogP contribution in [0.4, 0.5) is 18.9 Å². The smallest absolute Gasteiger partial charge is 0.360 e. The van der Waals surface area contributed by atoms with Crippen molar-refractivity contribution in [2.75, 3.05) is 18.5 Å². The summed E-state index contributed by atoms with van der Waals surface area (Å²) in [7, 11) is 1.79. The minimum Gasteiger partial charge on any atom is -0.360 e. The molecule has 1 rings (SSSR count). The minimum absolute atomic E-state index is 0.257. The summed E-state index contributed by atoms with van der Waals surface area (Å²) in [6.45, 7) is 3.05. The number of alkyl halides is 3. The van der Waals surface area contributed by atoms with Crippen LogP contribution in [-0.2, 0) is 6.54 Å². The molecule has 0 amide bonds. The van der Waals surface area contributed by atoms with E-state index in [1.54, 1.807) is 39.1 Å². The Morgan fingerprint density at radius 1 is 1.32 bits per heavy atom. The van der Waals surface area contributed by atoms with E-state index < -0.39 is 12.7 Å². The van der Waals surface area contributed by atoms with Crippen LogP contribution < -0.4 is 10.2 Å². The van der Waals surface area contributed by atoms with Gasteiger partial charge in [-0.25, -0.2) is 0 Å². The van der Waals surface area contributed by atoms with Crippen LogP contribution in [0.3, 0.4) is 0 Å². The van der Waals surface area contributed by atoms with Gasteiger partial charge in [0.25, 0.3) is 0 Å². The average Bonchev–Trinajstić information content (AvgIpc) is 2.27. The quantitative estimate of drug-likeness (QED) is 0.888. The molecule has 0 spiro atoms. The van der Waals surface area contributed by atoms with Gasteiger partial charge in [0.2, 0.25) is 0 Å². The number of anilines is 1. The maximum atomic E-state index is 12.6. The Morgan fingerprint density at radius 2 is 1.95 bits per heavy atom. The van der Waals surface area contributed by atoms with E-state index in [9.17, 15) is 13.2 Å². The molecule has 0 aliphatic carbocycles. The molecule has 108 valence electrons. The van der Waals surface area contributed by atoms with Crippen LogP contribution in [0.2, 0.25) is 5.02 Å². The normalized spacial score (nSPS) is 12.0. The van der Waals surface area contributed by atoms with Gasteiger partial charge < -0.3 is 10.2 Å². The fourth-order valence-corrected chi connectivity index (χ4v) is 2.06. The van der Waals surface area contributed by atoms with Gasteiger partial charge in [-0.3, -0.25) is 0 Å². The van der Waals surface area contributed by atoms with E-state index in [0.29, 0.717) is 17.3 Å². The molecule has 1 N–H and O–H groups in total. The van der Waals surface area contributed by atoms with Crippen LogP contribution in [0, 0.1) is 0 Å². The van der Waals surface area contributed by atoms with Crippen molar-refractivity contribution in [1.29, 1.82) is 0 Å². The van der Waals surface area contributed by atoms with E-state index in [4.69, 9.17) is 11.6 Å². The number of hydrogen-bond acceptors (Lipinski definition) is 2. The van der Waals surface area contributed by atoms with Crippen LogP contribution in [0.25, 0.3) is 0 Å². The largest absolute Gasteiger partial charge is 0.405 e. The van der Waals surface area contributed by atoms with Crippen molar-refractivity contribution in [3.63, 3.8) is 0 Å². The van der Waals surface area contributed by atoms with Crippen molar-refractivity contribution in [2.24, 2.45) is 0 Å². The molecular formula is C13H18ClF3N2. The second-order valence-corrected chi connectivity index (χ2v) is 5.05. The number of rotatable bonds is 5. The van der Waals surface area contributed by atoms with E-state index in [1.165, 1.54) is 4.90 Å². The topological polar surface area (TPSA) is 15.3 Å². The number of hydrogen-bond donors (Lipinski definition) is 1. The van der Waals surface area contributed by atoms with Gasteiger partial charge in [0.1, 0.15) is 6.54 Å². The third kappa shape index (κ3) is 4.91. The predicted molar refractivity (Wildman–Crippen MR) is 72.8 cm³/mol. The Bertz CT molecular complexity index is 419. The molecule has 0 saturated heterocycles. The molecular weight excluding hydrogens is 277 g/mol. The molecule has 0 aliphatic rings. The zero-order chi connectivity index (χ0) is 14.6. The SMILES string of the molecule is CNCc1ccc(N(CC(F)(F)F)C(C)C)cc1Cl. The van der Waals surface area contributed by atoms with Gasteiger partial charge in [0.15, 0.2) is 0 Å². The van der Waals surface area contributed by atoms with Crippen molar-refractivity contribution in [1.82, 2.24) is 5.32 Å². The van der Waals surface area contributed by atoms with E-state index in [0.717, 1.165) is 5.56 Å². The molecule has 0 saturated carbocycles. The summed E-state index contributed by atoms with van der Waals surface area (Å²) in [5.41, 5.74) is 1.35. The monoisotopic (exact) mass is 294 g/mol. The second-order valence-electron chi connectivity index (χ2n) is 4.64. The molecule has 6 heteroatoms. The van der Waals surface area contributed by atoms with Gasteiger partial charge in [0.05, 0.1) is 0 Å². The van der Waals surface area contributed by atoms with Crippen molar-refractivity contribution in [3.8, 4) is 0 Å². The molecule has 0 aromatic heterocycles. The highest BCUT2D eigenvalue weighted by molar-refractivity contribution is 6.31. The summed E-state index contributed by atoms with van der Waals surface area (Å²) in [6, 6.07) is 4.75. The number of halogens is 4. The Labute approximate surface area is 116 Å². The summed E-state index contributed by atoms with van der Waals surface area (Å²) in [5.74, 6) is 0. The lowest BCUT2D eigenvalue weighted by atomic mass is 10.1. The summed E-state index contributed by atoms with van der Waals surface area (Å²) in [5, 5.41) is 3.43. The standard InChI is InChI=1S/C13H18ClF3N2/c1-9(2)19(8-13(15,16)17)11-5-4-10(7-18-3)12(14)6-11/h4-6,9,18H,7-8H2,1-3H3. The van der Waals surface area contributed by atoms with Gasteiger partial charge in [-0.15, -0.1) is 0 Å². The van der Waals surface area contributed by atoms with Gasteiger partial charge >= 0.3 is 6.18 Å². The van der Waals surface area contributed by atoms with E-state index in [2.05, 4.69) is 5.32 Å². The zero-order valence-corrected chi connectivity index (χ0v) is 11.9. The zero-order valence-electron chi connectivity index (χ0n) is 11.2. The molecule has 0 aliphatic heterocycles. The fraction of sp³-hybridized carbons (Fsp3) is 0.538. The highest BCUT2D eigenvalue weighted by atomic mass is 35.5. The Kier molecular flexibility index (Phi) is 5.50. The minimum atomic E-state index is -4.24. The summed E-state index contributed by atoms with van der Waals surface area (Å²) < 4.78 is 37.7. The summed E-state index contributed by atoms with van der Waals surface area (Å²) in [4.78, 5) is 1.29. The molecule has 1 aromatic carbocycles. The fourth-order valence-electron chi connectivity index (χ4n) is 1.81. The van der Waals surface area contributed by atoms with Gasteiger partial charge in [-0.2, -0.15) is 13.2 Å². The summed E-state index contributed by atoms with van der Waals surface area (Å²) in [6.07, 6.45) is -4.24. The highest BCUT2D eigenvalue weighted by Crippen LogP contribution is 2.28. The van der Waals surface area contributed by atoms with Crippen LogP contribution in [0.15, 0.2) is 18.2 Å². The van der Waals surface area contributed by atoms with Crippen molar-refractivity contribution < 1.29 is 13.2 Å².